The summed E-state index contributed by atoms with van der Waals surface area (Å²) in [6.45, 7) is 2.85. The summed E-state index contributed by atoms with van der Waals surface area (Å²) in [5.41, 5.74) is 0.372. The van der Waals surface area contributed by atoms with Crippen LogP contribution < -0.4 is 0 Å². The molecule has 1 rings (SSSR count). The van der Waals surface area contributed by atoms with Crippen LogP contribution in [-0.4, -0.2) is 11.9 Å². The smallest absolute Gasteiger partial charge is 0.346 e. The van der Waals surface area contributed by atoms with Crippen molar-refractivity contribution in [2.24, 2.45) is 0 Å². The molecule has 4 heteroatoms. The maximum absolute atomic E-state index is 13.3. The lowest BCUT2D eigenvalue weighted by atomic mass is 10.0. The van der Waals surface area contributed by atoms with E-state index in [9.17, 15) is 14.0 Å². The highest BCUT2D eigenvalue weighted by molar-refractivity contribution is 5.97. The second-order valence-electron chi connectivity index (χ2n) is 3.00. The van der Waals surface area contributed by atoms with Gasteiger partial charge in [-0.2, -0.15) is 0 Å². The molecule has 0 heterocycles. The molecule has 1 aromatic carbocycles. The largest absolute Gasteiger partial charge is 0.390 e. The van der Waals surface area contributed by atoms with Crippen LogP contribution in [0.1, 0.15) is 29.8 Å². The first-order valence-electron chi connectivity index (χ1n) is 4.56. The van der Waals surface area contributed by atoms with Crippen LogP contribution in [0.2, 0.25) is 0 Å². The Morgan fingerprint density at radius 3 is 2.60 bits per heavy atom. The molecular weight excluding hydrogens is 199 g/mol. The lowest BCUT2D eigenvalue weighted by molar-refractivity contribution is -0.135. The summed E-state index contributed by atoms with van der Waals surface area (Å²) >= 11 is 0. The quantitative estimate of drug-likeness (QED) is 0.554. The van der Waals surface area contributed by atoms with Crippen molar-refractivity contribution >= 4 is 11.9 Å². The van der Waals surface area contributed by atoms with Crippen LogP contribution in [0, 0.1) is 5.82 Å². The minimum atomic E-state index is -0.807. The molecule has 0 saturated heterocycles. The van der Waals surface area contributed by atoms with Gasteiger partial charge in [0.05, 0.1) is 5.56 Å². The van der Waals surface area contributed by atoms with E-state index in [1.807, 2.05) is 0 Å². The van der Waals surface area contributed by atoms with Gasteiger partial charge in [-0.15, -0.1) is 0 Å². The number of halogens is 1. The number of carbonyl (C=O) groups excluding carboxylic acids is 2. The molecule has 0 fully saturated rings. The second kappa shape index (κ2) is 4.68. The fourth-order valence-corrected chi connectivity index (χ4v) is 1.29. The Morgan fingerprint density at radius 1 is 1.40 bits per heavy atom. The lowest BCUT2D eigenvalue weighted by Gasteiger charge is -2.06. The van der Waals surface area contributed by atoms with Crippen molar-refractivity contribution in [1.29, 1.82) is 0 Å². The van der Waals surface area contributed by atoms with Gasteiger partial charge in [-0.1, -0.05) is 13.0 Å². The maximum atomic E-state index is 13.3. The molecule has 0 unspecified atom stereocenters. The summed E-state index contributed by atoms with van der Waals surface area (Å²) in [6.07, 6.45) is 0.370. The van der Waals surface area contributed by atoms with E-state index in [0.717, 1.165) is 6.92 Å². The van der Waals surface area contributed by atoms with Crippen molar-refractivity contribution in [3.05, 3.63) is 35.1 Å². The number of benzene rings is 1. The van der Waals surface area contributed by atoms with Crippen molar-refractivity contribution in [2.75, 3.05) is 0 Å². The summed E-state index contributed by atoms with van der Waals surface area (Å²) in [5, 5.41) is 0. The Kier molecular flexibility index (Phi) is 3.55. The predicted molar refractivity (Wildman–Crippen MR) is 51.9 cm³/mol. The highest BCUT2D eigenvalue weighted by Gasteiger charge is 2.16. The van der Waals surface area contributed by atoms with E-state index in [-0.39, 0.29) is 11.1 Å². The standard InChI is InChI=1S/C11H11FO3/c1-3-8-9(5-4-6-10(8)12)11(14)15-7(2)13/h4-6H,3H2,1-2H3. The molecule has 0 atom stereocenters. The molecule has 0 aliphatic rings. The average molecular weight is 210 g/mol. The normalized spacial score (nSPS) is 9.80. The van der Waals surface area contributed by atoms with Crippen LogP contribution >= 0.6 is 0 Å². The molecule has 0 amide bonds. The first-order valence-corrected chi connectivity index (χ1v) is 4.56. The molecule has 0 spiro atoms. The average Bonchev–Trinajstić information content (AvgIpc) is 2.16. The number of carbonyl (C=O) groups is 2. The van der Waals surface area contributed by atoms with Crippen molar-refractivity contribution in [3.63, 3.8) is 0 Å². The van der Waals surface area contributed by atoms with E-state index in [1.54, 1.807) is 6.92 Å². The highest BCUT2D eigenvalue weighted by atomic mass is 19.1. The molecule has 3 nitrogen and oxygen atoms in total. The van der Waals surface area contributed by atoms with Gasteiger partial charge in [0, 0.05) is 12.5 Å². The molecule has 0 aliphatic carbocycles. The van der Waals surface area contributed by atoms with E-state index in [1.165, 1.54) is 18.2 Å². The van der Waals surface area contributed by atoms with Crippen molar-refractivity contribution < 1.29 is 18.7 Å². The molecule has 0 aliphatic heterocycles. The number of hydrogen-bond donors (Lipinski definition) is 0. The maximum Gasteiger partial charge on any atom is 0.346 e. The van der Waals surface area contributed by atoms with Gasteiger partial charge in [0.15, 0.2) is 0 Å². The fourth-order valence-electron chi connectivity index (χ4n) is 1.29. The summed E-state index contributed by atoms with van der Waals surface area (Å²) < 4.78 is 17.6. The van der Waals surface area contributed by atoms with Gasteiger partial charge in [-0.05, 0) is 18.6 Å². The molecule has 0 radical (unpaired) electrons. The van der Waals surface area contributed by atoms with Gasteiger partial charge in [0.1, 0.15) is 5.82 Å². The van der Waals surface area contributed by atoms with E-state index in [0.29, 0.717) is 6.42 Å². The molecule has 1 aromatic rings. The fraction of sp³-hybridized carbons (Fsp3) is 0.273. The van der Waals surface area contributed by atoms with Crippen LogP contribution in [-0.2, 0) is 16.0 Å². The number of ether oxygens (including phenoxy) is 1. The number of esters is 2. The van der Waals surface area contributed by atoms with Crippen molar-refractivity contribution in [2.45, 2.75) is 20.3 Å². The lowest BCUT2D eigenvalue weighted by Crippen LogP contribution is -2.12. The summed E-state index contributed by atoms with van der Waals surface area (Å²) in [7, 11) is 0. The number of rotatable bonds is 2. The van der Waals surface area contributed by atoms with Gasteiger partial charge in [-0.3, -0.25) is 4.79 Å². The molecule has 15 heavy (non-hydrogen) atoms. The van der Waals surface area contributed by atoms with Crippen LogP contribution in [0.3, 0.4) is 0 Å². The molecule has 80 valence electrons. The first kappa shape index (κ1) is 11.4. The van der Waals surface area contributed by atoms with Crippen LogP contribution in [0.4, 0.5) is 4.39 Å². The summed E-state index contributed by atoms with van der Waals surface area (Å²) in [6, 6.07) is 4.11. The van der Waals surface area contributed by atoms with Crippen LogP contribution in [0.25, 0.3) is 0 Å². The second-order valence-corrected chi connectivity index (χ2v) is 3.00. The van der Waals surface area contributed by atoms with Gasteiger partial charge in [0.2, 0.25) is 0 Å². The van der Waals surface area contributed by atoms with Gasteiger partial charge >= 0.3 is 11.9 Å². The third-order valence-corrected chi connectivity index (χ3v) is 1.93. The first-order chi connectivity index (χ1) is 7.06. The topological polar surface area (TPSA) is 43.4 Å². The predicted octanol–water partition coefficient (Wildman–Crippen LogP) is 2.09. The molecular formula is C11H11FO3. The third kappa shape index (κ3) is 2.62. The number of hydrogen-bond acceptors (Lipinski definition) is 3. The third-order valence-electron chi connectivity index (χ3n) is 1.93. The Balaban J connectivity index is 3.08. The van der Waals surface area contributed by atoms with Crippen LogP contribution in [0.5, 0.6) is 0 Å². The van der Waals surface area contributed by atoms with Crippen molar-refractivity contribution in [1.82, 2.24) is 0 Å². The summed E-state index contributed by atoms with van der Waals surface area (Å²) in [5.74, 6) is -1.97. The van der Waals surface area contributed by atoms with Crippen LogP contribution in [0.15, 0.2) is 18.2 Å². The Bertz CT molecular complexity index is 399. The van der Waals surface area contributed by atoms with Gasteiger partial charge in [-0.25, -0.2) is 9.18 Å². The zero-order valence-electron chi connectivity index (χ0n) is 8.54. The highest BCUT2D eigenvalue weighted by Crippen LogP contribution is 2.15. The SMILES string of the molecule is CCc1c(F)cccc1C(=O)OC(C)=O. The van der Waals surface area contributed by atoms with Crippen molar-refractivity contribution in [3.8, 4) is 0 Å². The molecule has 0 saturated carbocycles. The van der Waals surface area contributed by atoms with E-state index >= 15 is 0 Å². The molecule has 0 aromatic heterocycles. The Hall–Kier alpha value is -1.71. The Morgan fingerprint density at radius 2 is 2.07 bits per heavy atom. The molecule has 0 N–H and O–H groups in total. The van der Waals surface area contributed by atoms with Gasteiger partial charge in [0.25, 0.3) is 0 Å². The zero-order chi connectivity index (χ0) is 11.4. The Labute approximate surface area is 86.9 Å². The van der Waals surface area contributed by atoms with E-state index < -0.39 is 17.8 Å². The molecule has 0 bridgehead atoms. The monoisotopic (exact) mass is 210 g/mol. The minimum absolute atomic E-state index is 0.104. The summed E-state index contributed by atoms with van der Waals surface area (Å²) in [4.78, 5) is 22.0. The van der Waals surface area contributed by atoms with Gasteiger partial charge < -0.3 is 4.74 Å². The zero-order valence-corrected chi connectivity index (χ0v) is 8.54. The van der Waals surface area contributed by atoms with E-state index in [2.05, 4.69) is 4.74 Å². The minimum Gasteiger partial charge on any atom is -0.390 e. The van der Waals surface area contributed by atoms with E-state index in [4.69, 9.17) is 0 Å².